The molecule has 0 radical (unpaired) electrons. The number of hydrogen-bond acceptors (Lipinski definition) is 6. The van der Waals surface area contributed by atoms with Gasteiger partial charge in [-0.1, -0.05) is 189 Å². The third-order valence-electron chi connectivity index (χ3n) is 10.4. The van der Waals surface area contributed by atoms with Crippen LogP contribution >= 0.6 is 0 Å². The van der Waals surface area contributed by atoms with E-state index in [1.807, 2.05) is 0 Å². The summed E-state index contributed by atoms with van der Waals surface area (Å²) in [7, 11) is 0. The first-order valence-electron chi connectivity index (χ1n) is 25.1. The Hall–Kier alpha value is -3.41. The van der Waals surface area contributed by atoms with E-state index in [-0.39, 0.29) is 37.5 Å². The smallest absolute Gasteiger partial charge is 0.306 e. The Bertz CT molecular complexity index is 1200. The first-order valence-corrected chi connectivity index (χ1v) is 25.1. The van der Waals surface area contributed by atoms with Crippen LogP contribution in [0.25, 0.3) is 0 Å². The molecule has 0 fully saturated rings. The lowest BCUT2D eigenvalue weighted by Crippen LogP contribution is -2.30. The van der Waals surface area contributed by atoms with Crippen LogP contribution in [0.15, 0.2) is 85.1 Å². The Morgan fingerprint density at radius 3 is 1.18 bits per heavy atom. The van der Waals surface area contributed by atoms with Gasteiger partial charge in [-0.05, 0) is 103 Å². The van der Waals surface area contributed by atoms with Crippen LogP contribution in [-0.4, -0.2) is 37.2 Å². The van der Waals surface area contributed by atoms with Gasteiger partial charge in [-0.3, -0.25) is 14.4 Å². The lowest BCUT2D eigenvalue weighted by Gasteiger charge is -2.18. The van der Waals surface area contributed by atoms with Crippen molar-refractivity contribution in [3.63, 3.8) is 0 Å². The fourth-order valence-electron chi connectivity index (χ4n) is 6.58. The van der Waals surface area contributed by atoms with Crippen molar-refractivity contribution >= 4 is 17.9 Å². The lowest BCUT2D eigenvalue weighted by molar-refractivity contribution is -0.167. The van der Waals surface area contributed by atoms with E-state index in [1.54, 1.807) is 0 Å². The number of allylic oxidation sites excluding steroid dienone is 14. The van der Waals surface area contributed by atoms with Gasteiger partial charge in [-0.15, -0.1) is 0 Å². The van der Waals surface area contributed by atoms with Crippen LogP contribution in [0, 0.1) is 0 Å². The number of unbranched alkanes of at least 4 members (excludes halogenated alkanes) is 20. The van der Waals surface area contributed by atoms with E-state index in [9.17, 15) is 14.4 Å². The van der Waals surface area contributed by atoms with Crippen LogP contribution < -0.4 is 0 Å². The normalized spacial score (nSPS) is 12.8. The van der Waals surface area contributed by atoms with Gasteiger partial charge in [0, 0.05) is 19.3 Å². The van der Waals surface area contributed by atoms with Crippen LogP contribution in [0.4, 0.5) is 0 Å². The van der Waals surface area contributed by atoms with E-state index >= 15 is 0 Å². The van der Waals surface area contributed by atoms with Gasteiger partial charge in [-0.2, -0.15) is 0 Å². The topological polar surface area (TPSA) is 78.9 Å². The highest BCUT2D eigenvalue weighted by Crippen LogP contribution is 2.12. The molecule has 0 aliphatic rings. The summed E-state index contributed by atoms with van der Waals surface area (Å²) in [5, 5.41) is 0. The van der Waals surface area contributed by atoms with Gasteiger partial charge >= 0.3 is 17.9 Å². The molecule has 0 saturated carbocycles. The van der Waals surface area contributed by atoms with Crippen LogP contribution in [0.1, 0.15) is 226 Å². The summed E-state index contributed by atoms with van der Waals surface area (Å²) in [4.78, 5) is 37.9. The molecule has 1 atom stereocenters. The number of esters is 3. The average molecular weight is 849 g/mol. The number of carbonyl (C=O) groups excluding carboxylic acids is 3. The lowest BCUT2D eigenvalue weighted by atomic mass is 10.1. The van der Waals surface area contributed by atoms with Gasteiger partial charge in [0.2, 0.25) is 0 Å². The Labute approximate surface area is 375 Å². The van der Waals surface area contributed by atoms with Gasteiger partial charge in [0.25, 0.3) is 0 Å². The molecule has 0 rings (SSSR count). The minimum Gasteiger partial charge on any atom is -0.462 e. The minimum absolute atomic E-state index is 0.103. The summed E-state index contributed by atoms with van der Waals surface area (Å²) >= 11 is 0. The maximum absolute atomic E-state index is 12.8. The van der Waals surface area contributed by atoms with Crippen LogP contribution in [0.2, 0.25) is 0 Å². The van der Waals surface area contributed by atoms with Crippen LogP contribution in [0.3, 0.4) is 0 Å². The SMILES string of the molecule is CC/C=C\C/C=C\C/C=C\C/C=C\CCCCCC(=O)OCC(COC(=O)CCCCCCC/C=C\CCCC)OC(=O)CCCCC/C=C\C=C/CCCCCCCCC. The molecule has 61 heavy (non-hydrogen) atoms. The maximum Gasteiger partial charge on any atom is 0.306 e. The molecular formula is C55H92O6. The summed E-state index contributed by atoms with van der Waals surface area (Å²) in [6.07, 6.45) is 62.8. The van der Waals surface area contributed by atoms with Gasteiger partial charge in [0.1, 0.15) is 13.2 Å². The monoisotopic (exact) mass is 849 g/mol. The second-order valence-corrected chi connectivity index (χ2v) is 16.4. The van der Waals surface area contributed by atoms with Crippen molar-refractivity contribution in [2.45, 2.75) is 232 Å². The first kappa shape index (κ1) is 57.6. The standard InChI is InChI=1S/C55H92O6/c1-4-7-10-13-16-19-22-24-26-28-30-33-36-39-42-45-48-54(57)60-51-52(50-59-53(56)47-44-41-38-35-32-21-18-15-12-9-6-3)61-55(58)49-46-43-40-37-34-31-29-27-25-23-20-17-14-11-8-5-2/h7,10,15-16,18-19,24,26-27,29-31,33-34,52H,4-6,8-9,11-14,17,20-23,25,28,32,35-51H2,1-3H3/b10-7-,18-15-,19-16-,26-24-,29-27-,33-30-,34-31-. The Kier molecular flexibility index (Phi) is 46.5. The van der Waals surface area contributed by atoms with Crippen molar-refractivity contribution in [3.05, 3.63) is 85.1 Å². The third kappa shape index (κ3) is 47.5. The van der Waals surface area contributed by atoms with Gasteiger partial charge < -0.3 is 14.2 Å². The fraction of sp³-hybridized carbons (Fsp3) is 0.691. The van der Waals surface area contributed by atoms with Crippen LogP contribution in [-0.2, 0) is 28.6 Å². The second kappa shape index (κ2) is 49.2. The third-order valence-corrected chi connectivity index (χ3v) is 10.4. The molecule has 0 bridgehead atoms. The summed E-state index contributed by atoms with van der Waals surface area (Å²) in [5.41, 5.74) is 0. The molecule has 0 aliphatic heterocycles. The highest BCUT2D eigenvalue weighted by Gasteiger charge is 2.19. The largest absolute Gasteiger partial charge is 0.462 e. The summed E-state index contributed by atoms with van der Waals surface area (Å²) in [6.45, 7) is 6.41. The van der Waals surface area contributed by atoms with Gasteiger partial charge in [0.15, 0.2) is 6.10 Å². The zero-order valence-electron chi connectivity index (χ0n) is 39.7. The fourth-order valence-corrected chi connectivity index (χ4v) is 6.58. The molecule has 0 aromatic carbocycles. The van der Waals surface area contributed by atoms with Crippen molar-refractivity contribution in [2.75, 3.05) is 13.2 Å². The number of rotatable bonds is 44. The molecule has 0 saturated heterocycles. The summed E-state index contributed by atoms with van der Waals surface area (Å²) in [6, 6.07) is 0. The Morgan fingerprint density at radius 1 is 0.361 bits per heavy atom. The molecular weight excluding hydrogens is 757 g/mol. The average Bonchev–Trinajstić information content (AvgIpc) is 3.26. The summed E-state index contributed by atoms with van der Waals surface area (Å²) in [5.74, 6) is -0.974. The number of carbonyl (C=O) groups is 3. The predicted molar refractivity (Wildman–Crippen MR) is 261 cm³/mol. The van der Waals surface area contributed by atoms with Gasteiger partial charge in [0.05, 0.1) is 0 Å². The molecule has 1 unspecified atom stereocenters. The predicted octanol–water partition coefficient (Wildman–Crippen LogP) is 16.4. The molecule has 6 heteroatoms. The highest BCUT2D eigenvalue weighted by atomic mass is 16.6. The molecule has 0 aromatic heterocycles. The molecule has 0 N–H and O–H groups in total. The maximum atomic E-state index is 12.8. The zero-order chi connectivity index (χ0) is 44.4. The summed E-state index contributed by atoms with van der Waals surface area (Å²) < 4.78 is 16.7. The molecule has 0 aromatic rings. The van der Waals surface area contributed by atoms with E-state index in [4.69, 9.17) is 14.2 Å². The van der Waals surface area contributed by atoms with Crippen molar-refractivity contribution in [1.29, 1.82) is 0 Å². The van der Waals surface area contributed by atoms with E-state index in [1.165, 1.54) is 70.6 Å². The van der Waals surface area contributed by atoms with E-state index < -0.39 is 6.10 Å². The molecule has 0 heterocycles. The van der Waals surface area contributed by atoms with Crippen molar-refractivity contribution in [3.8, 4) is 0 Å². The van der Waals surface area contributed by atoms with Gasteiger partial charge in [-0.25, -0.2) is 0 Å². The quantitative estimate of drug-likeness (QED) is 0.0200. The first-order chi connectivity index (χ1) is 30.0. The molecule has 348 valence electrons. The van der Waals surface area contributed by atoms with E-state index in [2.05, 4.69) is 106 Å². The van der Waals surface area contributed by atoms with E-state index in [0.29, 0.717) is 12.8 Å². The Balaban J connectivity index is 4.49. The zero-order valence-corrected chi connectivity index (χ0v) is 39.7. The molecule has 0 spiro atoms. The minimum atomic E-state index is -0.806. The molecule has 6 nitrogen and oxygen atoms in total. The Morgan fingerprint density at radius 2 is 0.705 bits per heavy atom. The van der Waals surface area contributed by atoms with Crippen molar-refractivity contribution in [1.82, 2.24) is 0 Å². The molecule has 0 amide bonds. The molecule has 0 aliphatic carbocycles. The van der Waals surface area contributed by atoms with Crippen molar-refractivity contribution < 1.29 is 28.6 Å². The number of hydrogen-bond donors (Lipinski definition) is 0. The second-order valence-electron chi connectivity index (χ2n) is 16.4. The van der Waals surface area contributed by atoms with Crippen molar-refractivity contribution in [2.24, 2.45) is 0 Å². The highest BCUT2D eigenvalue weighted by molar-refractivity contribution is 5.71. The van der Waals surface area contributed by atoms with Crippen LogP contribution in [0.5, 0.6) is 0 Å². The van der Waals surface area contributed by atoms with E-state index in [0.717, 1.165) is 116 Å². The number of ether oxygens (including phenoxy) is 3.